The standard InChI is InChI=1S/C16H27NO3S/c1-12-10-13(8-9-14(12)20-7)21(18,19)17-16(5,6)11-15(2,3)4/h8-10,17H,11H2,1-7H3. The van der Waals surface area contributed by atoms with E-state index in [2.05, 4.69) is 25.5 Å². The van der Waals surface area contributed by atoms with Crippen LogP contribution in [0.1, 0.15) is 46.6 Å². The summed E-state index contributed by atoms with van der Waals surface area (Å²) in [4.78, 5) is 0.266. The Morgan fingerprint density at radius 3 is 2.14 bits per heavy atom. The second-order valence-corrected chi connectivity index (χ2v) is 9.04. The van der Waals surface area contributed by atoms with Gasteiger partial charge in [-0.15, -0.1) is 0 Å². The zero-order valence-corrected chi connectivity index (χ0v) is 14.9. The number of nitrogens with one attached hydrogen (secondary N) is 1. The Morgan fingerprint density at radius 1 is 1.14 bits per heavy atom. The average molecular weight is 313 g/mol. The zero-order chi connectivity index (χ0) is 16.5. The number of methoxy groups -OCH3 is 1. The molecule has 0 heterocycles. The van der Waals surface area contributed by atoms with Crippen molar-refractivity contribution in [3.8, 4) is 5.75 Å². The molecule has 0 aliphatic rings. The van der Waals surface area contributed by atoms with Gasteiger partial charge in [0.25, 0.3) is 0 Å². The van der Waals surface area contributed by atoms with Gasteiger partial charge in [0.1, 0.15) is 5.75 Å². The molecule has 0 saturated carbocycles. The quantitative estimate of drug-likeness (QED) is 0.905. The first kappa shape index (κ1) is 18.0. The number of ether oxygens (including phenoxy) is 1. The normalized spacial score (nSPS) is 13.3. The number of benzene rings is 1. The Bertz CT molecular complexity index is 598. The van der Waals surface area contributed by atoms with Crippen LogP contribution in [0.15, 0.2) is 23.1 Å². The number of aryl methyl sites for hydroxylation is 1. The molecule has 0 atom stereocenters. The van der Waals surface area contributed by atoms with Crippen molar-refractivity contribution in [2.24, 2.45) is 5.41 Å². The van der Waals surface area contributed by atoms with E-state index in [0.29, 0.717) is 5.75 Å². The van der Waals surface area contributed by atoms with Crippen LogP contribution < -0.4 is 9.46 Å². The van der Waals surface area contributed by atoms with Gasteiger partial charge >= 0.3 is 0 Å². The summed E-state index contributed by atoms with van der Waals surface area (Å²) in [5.41, 5.74) is 0.334. The van der Waals surface area contributed by atoms with Gasteiger partial charge in [-0.2, -0.15) is 0 Å². The van der Waals surface area contributed by atoms with Crippen molar-refractivity contribution < 1.29 is 13.2 Å². The summed E-state index contributed by atoms with van der Waals surface area (Å²) in [5.74, 6) is 0.683. The van der Waals surface area contributed by atoms with Crippen LogP contribution in [0.25, 0.3) is 0 Å². The monoisotopic (exact) mass is 313 g/mol. The van der Waals surface area contributed by atoms with Gasteiger partial charge < -0.3 is 4.74 Å². The van der Waals surface area contributed by atoms with Crippen molar-refractivity contribution in [2.45, 2.75) is 58.4 Å². The number of hydrogen-bond acceptors (Lipinski definition) is 3. The van der Waals surface area contributed by atoms with Gasteiger partial charge in [-0.05, 0) is 56.4 Å². The maximum atomic E-state index is 12.5. The Kier molecular flexibility index (Phi) is 5.11. The third-order valence-electron chi connectivity index (χ3n) is 3.06. The van der Waals surface area contributed by atoms with Crippen molar-refractivity contribution in [3.05, 3.63) is 23.8 Å². The third-order valence-corrected chi connectivity index (χ3v) is 4.76. The molecule has 1 rings (SSSR count). The molecular weight excluding hydrogens is 286 g/mol. The largest absolute Gasteiger partial charge is 0.496 e. The molecule has 0 amide bonds. The molecule has 0 spiro atoms. The van der Waals surface area contributed by atoms with E-state index >= 15 is 0 Å². The van der Waals surface area contributed by atoms with Crippen molar-refractivity contribution in [2.75, 3.05) is 7.11 Å². The molecule has 0 saturated heterocycles. The van der Waals surface area contributed by atoms with Crippen LogP contribution in [0.5, 0.6) is 5.75 Å². The molecule has 4 nitrogen and oxygen atoms in total. The lowest BCUT2D eigenvalue weighted by Crippen LogP contribution is -2.45. The Morgan fingerprint density at radius 2 is 1.71 bits per heavy atom. The van der Waals surface area contributed by atoms with E-state index in [4.69, 9.17) is 4.74 Å². The summed E-state index contributed by atoms with van der Waals surface area (Å²) >= 11 is 0. The van der Waals surface area contributed by atoms with E-state index < -0.39 is 15.6 Å². The molecule has 1 aromatic rings. The summed E-state index contributed by atoms with van der Waals surface area (Å²) in [6.07, 6.45) is 0.744. The van der Waals surface area contributed by atoms with Gasteiger partial charge in [0.2, 0.25) is 10.0 Å². The molecule has 0 aromatic heterocycles. The van der Waals surface area contributed by atoms with Crippen LogP contribution >= 0.6 is 0 Å². The maximum Gasteiger partial charge on any atom is 0.241 e. The zero-order valence-electron chi connectivity index (χ0n) is 14.1. The van der Waals surface area contributed by atoms with Crippen molar-refractivity contribution in [1.29, 1.82) is 0 Å². The molecule has 0 unspecified atom stereocenters. The lowest BCUT2D eigenvalue weighted by Gasteiger charge is -2.33. The summed E-state index contributed by atoms with van der Waals surface area (Å²) in [6.45, 7) is 11.9. The van der Waals surface area contributed by atoms with E-state index in [0.717, 1.165) is 12.0 Å². The van der Waals surface area contributed by atoms with Crippen LogP contribution in [0.2, 0.25) is 0 Å². The second-order valence-electron chi connectivity index (χ2n) is 7.36. The highest BCUT2D eigenvalue weighted by molar-refractivity contribution is 7.89. The molecule has 0 radical (unpaired) electrons. The first-order valence-corrected chi connectivity index (χ1v) is 8.53. The van der Waals surface area contributed by atoms with E-state index in [1.807, 2.05) is 20.8 Å². The first-order valence-electron chi connectivity index (χ1n) is 7.05. The molecule has 0 fully saturated rings. The molecular formula is C16H27NO3S. The van der Waals surface area contributed by atoms with Crippen molar-refractivity contribution >= 4 is 10.0 Å². The van der Waals surface area contributed by atoms with Crippen molar-refractivity contribution in [3.63, 3.8) is 0 Å². The van der Waals surface area contributed by atoms with E-state index in [9.17, 15) is 8.42 Å². The highest BCUT2D eigenvalue weighted by Gasteiger charge is 2.30. The van der Waals surface area contributed by atoms with Crippen LogP contribution in [-0.4, -0.2) is 21.1 Å². The van der Waals surface area contributed by atoms with E-state index in [-0.39, 0.29) is 10.3 Å². The summed E-state index contributed by atoms with van der Waals surface area (Å²) in [5, 5.41) is 0. The molecule has 0 bridgehead atoms. The minimum absolute atomic E-state index is 0.0435. The Balaban J connectivity index is 3.04. The fraction of sp³-hybridized carbons (Fsp3) is 0.625. The van der Waals surface area contributed by atoms with E-state index in [1.54, 1.807) is 25.3 Å². The summed E-state index contributed by atoms with van der Waals surface area (Å²) < 4.78 is 33.0. The molecule has 0 aliphatic carbocycles. The highest BCUT2D eigenvalue weighted by Crippen LogP contribution is 2.29. The molecule has 120 valence electrons. The highest BCUT2D eigenvalue weighted by atomic mass is 32.2. The number of hydrogen-bond donors (Lipinski definition) is 1. The van der Waals surface area contributed by atoms with Gasteiger partial charge in [-0.1, -0.05) is 20.8 Å². The topological polar surface area (TPSA) is 55.4 Å². The van der Waals surface area contributed by atoms with Gasteiger partial charge in [-0.25, -0.2) is 13.1 Å². The molecule has 1 aromatic carbocycles. The number of rotatable bonds is 5. The van der Waals surface area contributed by atoms with Crippen LogP contribution in [0.4, 0.5) is 0 Å². The lowest BCUT2D eigenvalue weighted by molar-refractivity contribution is 0.269. The average Bonchev–Trinajstić information content (AvgIpc) is 2.23. The Hall–Kier alpha value is -1.07. The fourth-order valence-electron chi connectivity index (χ4n) is 2.80. The molecule has 0 aliphatic heterocycles. The van der Waals surface area contributed by atoms with Crippen molar-refractivity contribution in [1.82, 2.24) is 4.72 Å². The molecule has 1 N–H and O–H groups in total. The maximum absolute atomic E-state index is 12.5. The fourth-order valence-corrected chi connectivity index (χ4v) is 4.30. The van der Waals surface area contributed by atoms with Crippen LogP contribution in [0, 0.1) is 12.3 Å². The third kappa shape index (κ3) is 5.32. The van der Waals surface area contributed by atoms with E-state index in [1.165, 1.54) is 0 Å². The summed E-state index contributed by atoms with van der Waals surface area (Å²) in [6, 6.07) is 4.89. The van der Waals surface area contributed by atoms with Gasteiger partial charge in [-0.3, -0.25) is 0 Å². The SMILES string of the molecule is COc1ccc(S(=O)(=O)NC(C)(C)CC(C)(C)C)cc1C. The second kappa shape index (κ2) is 5.97. The minimum Gasteiger partial charge on any atom is -0.496 e. The smallest absolute Gasteiger partial charge is 0.241 e. The lowest BCUT2D eigenvalue weighted by atomic mass is 9.82. The van der Waals surface area contributed by atoms with Gasteiger partial charge in [0, 0.05) is 5.54 Å². The van der Waals surface area contributed by atoms with Gasteiger partial charge in [0.05, 0.1) is 12.0 Å². The summed E-state index contributed by atoms with van der Waals surface area (Å²) in [7, 11) is -1.97. The predicted octanol–water partition coefficient (Wildman–Crippen LogP) is 3.50. The molecule has 21 heavy (non-hydrogen) atoms. The minimum atomic E-state index is -3.54. The molecule has 5 heteroatoms. The van der Waals surface area contributed by atoms with Crippen LogP contribution in [-0.2, 0) is 10.0 Å². The number of sulfonamides is 1. The Labute approximate surface area is 129 Å². The predicted molar refractivity (Wildman–Crippen MR) is 86.2 cm³/mol. The van der Waals surface area contributed by atoms with Crippen LogP contribution in [0.3, 0.4) is 0 Å². The first-order chi connectivity index (χ1) is 9.36. The van der Waals surface area contributed by atoms with Gasteiger partial charge in [0.15, 0.2) is 0 Å².